The van der Waals surface area contributed by atoms with Gasteiger partial charge in [0.2, 0.25) is 0 Å². The molecule has 0 aliphatic heterocycles. The number of benzene rings is 1. The number of carbonyl (C=O) groups excluding carboxylic acids is 1. The Morgan fingerprint density at radius 3 is 2.81 bits per heavy atom. The quantitative estimate of drug-likeness (QED) is 0.415. The van der Waals surface area contributed by atoms with Crippen LogP contribution in [0.1, 0.15) is 27.3 Å². The fourth-order valence-electron chi connectivity index (χ4n) is 3.50. The van der Waals surface area contributed by atoms with Crippen LogP contribution in [0.25, 0.3) is 16.4 Å². The van der Waals surface area contributed by atoms with Gasteiger partial charge in [0, 0.05) is 46.7 Å². The third-order valence-corrected chi connectivity index (χ3v) is 5.49. The molecule has 5 rings (SSSR count). The van der Waals surface area contributed by atoms with Gasteiger partial charge in [-0.25, -0.2) is 4.52 Å². The molecule has 0 unspecified atom stereocenters. The molecule has 0 radical (unpaired) electrons. The standard InChI is InChI=1S/C23H16Cl2N6O/c24-17-4-6-31-22(11-17)21(29-30-31)13-28-23(32)15-3-5-26-19(10-15)8-14-1-2-20-16(7-14)9-18(25)12-27-20/h1-7,9-12H,8,13H2,(H,28,32). The number of nitrogens with zero attached hydrogens (tertiary/aromatic N) is 5. The van der Waals surface area contributed by atoms with Gasteiger partial charge in [0.15, 0.2) is 0 Å². The van der Waals surface area contributed by atoms with E-state index < -0.39 is 0 Å². The zero-order valence-corrected chi connectivity index (χ0v) is 18.2. The molecule has 9 heteroatoms. The van der Waals surface area contributed by atoms with Gasteiger partial charge in [-0.2, -0.15) is 0 Å². The van der Waals surface area contributed by atoms with Crippen LogP contribution in [-0.4, -0.2) is 30.7 Å². The molecular weight excluding hydrogens is 447 g/mol. The second-order valence-electron chi connectivity index (χ2n) is 7.29. The van der Waals surface area contributed by atoms with E-state index in [2.05, 4.69) is 25.6 Å². The number of hydrogen-bond donors (Lipinski definition) is 1. The lowest BCUT2D eigenvalue weighted by molar-refractivity contribution is 0.0950. The molecule has 0 aliphatic rings. The van der Waals surface area contributed by atoms with Crippen molar-refractivity contribution in [3.8, 4) is 0 Å². The molecule has 1 amide bonds. The molecule has 158 valence electrons. The van der Waals surface area contributed by atoms with Gasteiger partial charge < -0.3 is 5.32 Å². The van der Waals surface area contributed by atoms with Crippen molar-refractivity contribution in [1.29, 1.82) is 0 Å². The number of rotatable bonds is 5. The number of fused-ring (bicyclic) bond motifs is 2. The summed E-state index contributed by atoms with van der Waals surface area (Å²) in [6.07, 6.45) is 5.57. The Kier molecular flexibility index (Phi) is 5.43. The van der Waals surface area contributed by atoms with Crippen LogP contribution in [0.15, 0.2) is 67.1 Å². The summed E-state index contributed by atoms with van der Waals surface area (Å²) in [5.74, 6) is -0.216. The first-order valence-electron chi connectivity index (χ1n) is 9.82. The SMILES string of the molecule is O=C(NCc1nnn2ccc(Cl)cc12)c1ccnc(Cc2ccc3ncc(Cl)cc3c2)c1. The lowest BCUT2D eigenvalue weighted by Crippen LogP contribution is -2.23. The molecular formula is C23H16Cl2N6O. The van der Waals surface area contributed by atoms with Crippen molar-refractivity contribution in [2.24, 2.45) is 0 Å². The van der Waals surface area contributed by atoms with Crippen molar-refractivity contribution >= 4 is 45.5 Å². The predicted octanol–water partition coefficient (Wildman–Crippen LogP) is 4.50. The molecule has 0 atom stereocenters. The van der Waals surface area contributed by atoms with Crippen LogP contribution in [-0.2, 0) is 13.0 Å². The highest BCUT2D eigenvalue weighted by atomic mass is 35.5. The van der Waals surface area contributed by atoms with Crippen LogP contribution in [0, 0.1) is 0 Å². The van der Waals surface area contributed by atoms with Gasteiger partial charge in [-0.3, -0.25) is 14.8 Å². The molecule has 4 aromatic heterocycles. The highest BCUT2D eigenvalue weighted by molar-refractivity contribution is 6.31. The first-order valence-corrected chi connectivity index (χ1v) is 10.6. The molecule has 32 heavy (non-hydrogen) atoms. The zero-order valence-electron chi connectivity index (χ0n) is 16.7. The van der Waals surface area contributed by atoms with Gasteiger partial charge in [-0.1, -0.05) is 34.5 Å². The molecule has 0 spiro atoms. The van der Waals surface area contributed by atoms with Crippen LogP contribution < -0.4 is 5.32 Å². The Morgan fingerprint density at radius 1 is 1.00 bits per heavy atom. The minimum absolute atomic E-state index is 0.216. The Hall–Kier alpha value is -3.55. The lowest BCUT2D eigenvalue weighted by atomic mass is 10.0. The Bertz CT molecular complexity index is 1470. The Balaban J connectivity index is 1.31. The summed E-state index contributed by atoms with van der Waals surface area (Å²) < 4.78 is 1.62. The van der Waals surface area contributed by atoms with E-state index in [1.807, 2.05) is 24.3 Å². The number of hydrogen-bond acceptors (Lipinski definition) is 5. The molecule has 1 aromatic carbocycles. The highest BCUT2D eigenvalue weighted by Crippen LogP contribution is 2.20. The topological polar surface area (TPSA) is 85.1 Å². The molecule has 1 N–H and O–H groups in total. The van der Waals surface area contributed by atoms with E-state index in [1.165, 1.54) is 0 Å². The maximum atomic E-state index is 12.7. The number of pyridine rings is 3. The summed E-state index contributed by atoms with van der Waals surface area (Å²) in [5, 5.41) is 13.2. The number of halogens is 2. The number of nitrogens with one attached hydrogen (secondary N) is 1. The minimum Gasteiger partial charge on any atom is -0.346 e. The van der Waals surface area contributed by atoms with E-state index in [9.17, 15) is 4.79 Å². The Labute approximate surface area is 193 Å². The first-order chi connectivity index (χ1) is 15.5. The van der Waals surface area contributed by atoms with Crippen molar-refractivity contribution in [2.45, 2.75) is 13.0 Å². The summed E-state index contributed by atoms with van der Waals surface area (Å²) in [4.78, 5) is 21.4. The van der Waals surface area contributed by atoms with Crippen molar-refractivity contribution in [3.63, 3.8) is 0 Å². The summed E-state index contributed by atoms with van der Waals surface area (Å²) in [6.45, 7) is 0.235. The lowest BCUT2D eigenvalue weighted by Gasteiger charge is -2.07. The molecule has 0 aliphatic carbocycles. The van der Waals surface area contributed by atoms with Crippen molar-refractivity contribution < 1.29 is 4.79 Å². The molecule has 7 nitrogen and oxygen atoms in total. The van der Waals surface area contributed by atoms with Crippen molar-refractivity contribution in [3.05, 3.63) is 99.7 Å². The average molecular weight is 463 g/mol. The van der Waals surface area contributed by atoms with Crippen molar-refractivity contribution in [2.75, 3.05) is 0 Å². The highest BCUT2D eigenvalue weighted by Gasteiger charge is 2.11. The molecule has 0 bridgehead atoms. The summed E-state index contributed by atoms with van der Waals surface area (Å²) in [5.41, 5.74) is 4.63. The third kappa shape index (κ3) is 4.26. The average Bonchev–Trinajstić information content (AvgIpc) is 3.19. The fourth-order valence-corrected chi connectivity index (χ4v) is 3.82. The molecule has 0 saturated carbocycles. The van der Waals surface area contributed by atoms with Crippen LogP contribution in [0.4, 0.5) is 0 Å². The largest absolute Gasteiger partial charge is 0.346 e. The maximum absolute atomic E-state index is 12.7. The normalized spacial score (nSPS) is 11.2. The van der Waals surface area contributed by atoms with Gasteiger partial charge in [0.05, 0.1) is 22.6 Å². The van der Waals surface area contributed by atoms with E-state index in [0.717, 1.165) is 27.7 Å². The number of aromatic nitrogens is 5. The van der Waals surface area contributed by atoms with Gasteiger partial charge >= 0.3 is 0 Å². The molecule has 5 aromatic rings. The third-order valence-electron chi connectivity index (χ3n) is 5.05. The minimum atomic E-state index is -0.216. The van der Waals surface area contributed by atoms with Crippen LogP contribution in [0.2, 0.25) is 10.0 Å². The second kappa shape index (κ2) is 8.53. The van der Waals surface area contributed by atoms with E-state index >= 15 is 0 Å². The van der Waals surface area contributed by atoms with Gasteiger partial charge in [0.25, 0.3) is 5.91 Å². The predicted molar refractivity (Wildman–Crippen MR) is 123 cm³/mol. The molecule has 0 saturated heterocycles. The van der Waals surface area contributed by atoms with Crippen molar-refractivity contribution in [1.82, 2.24) is 30.1 Å². The van der Waals surface area contributed by atoms with Gasteiger partial charge in [-0.05, 0) is 48.0 Å². The summed E-state index contributed by atoms with van der Waals surface area (Å²) in [6, 6.07) is 14.8. The first kappa shape index (κ1) is 20.4. The molecule has 4 heterocycles. The summed E-state index contributed by atoms with van der Waals surface area (Å²) >= 11 is 12.1. The van der Waals surface area contributed by atoms with E-state index in [-0.39, 0.29) is 12.5 Å². The smallest absolute Gasteiger partial charge is 0.251 e. The van der Waals surface area contributed by atoms with Gasteiger partial charge in [0.1, 0.15) is 5.69 Å². The number of amides is 1. The molecule has 0 fully saturated rings. The fraction of sp³-hybridized carbons (Fsp3) is 0.0870. The van der Waals surface area contributed by atoms with E-state index in [4.69, 9.17) is 23.2 Å². The zero-order chi connectivity index (χ0) is 22.1. The maximum Gasteiger partial charge on any atom is 0.251 e. The van der Waals surface area contributed by atoms with E-state index in [0.29, 0.717) is 27.7 Å². The van der Waals surface area contributed by atoms with Gasteiger partial charge in [-0.15, -0.1) is 5.10 Å². The van der Waals surface area contributed by atoms with E-state index in [1.54, 1.807) is 47.4 Å². The van der Waals surface area contributed by atoms with Crippen LogP contribution >= 0.6 is 23.2 Å². The Morgan fingerprint density at radius 2 is 1.91 bits per heavy atom. The number of carbonyl (C=O) groups is 1. The van der Waals surface area contributed by atoms with Crippen LogP contribution in [0.3, 0.4) is 0 Å². The van der Waals surface area contributed by atoms with Crippen LogP contribution in [0.5, 0.6) is 0 Å². The monoisotopic (exact) mass is 462 g/mol. The second-order valence-corrected chi connectivity index (χ2v) is 8.16. The summed E-state index contributed by atoms with van der Waals surface area (Å²) in [7, 11) is 0.